The van der Waals surface area contributed by atoms with Gasteiger partial charge in [-0.05, 0) is 77.0 Å². The molecule has 2 atom stereocenters. The molecule has 0 spiro atoms. The number of rotatable bonds is 57. The Labute approximate surface area is 474 Å². The highest BCUT2D eigenvalue weighted by molar-refractivity contribution is 7.45. The van der Waals surface area contributed by atoms with E-state index in [2.05, 4.69) is 111 Å². The molecule has 2 unspecified atom stereocenters. The molecule has 0 N–H and O–H groups in total. The minimum Gasteiger partial charge on any atom is -0.756 e. The highest BCUT2D eigenvalue weighted by Crippen LogP contribution is 2.38. The van der Waals surface area contributed by atoms with E-state index in [9.17, 15) is 19.0 Å². The topological polar surface area (TPSA) is 111 Å². The monoisotopic (exact) mass is 1100 g/mol. The highest BCUT2D eigenvalue weighted by atomic mass is 31.2. The highest BCUT2D eigenvalue weighted by Gasteiger charge is 2.22. The molecule has 0 fully saturated rings. The predicted octanol–water partition coefficient (Wildman–Crippen LogP) is 19.4. The van der Waals surface area contributed by atoms with Crippen molar-refractivity contribution in [1.82, 2.24) is 0 Å². The summed E-state index contributed by atoms with van der Waals surface area (Å²) < 4.78 is 34.2. The maximum absolute atomic E-state index is 12.8. The molecule has 10 heteroatoms. The molecule has 0 bridgehead atoms. The predicted molar refractivity (Wildman–Crippen MR) is 328 cm³/mol. The van der Waals surface area contributed by atoms with Crippen LogP contribution in [0, 0.1) is 0 Å². The Kier molecular flexibility index (Phi) is 55.3. The number of hydrogen-bond donors (Lipinski definition) is 0. The van der Waals surface area contributed by atoms with E-state index in [4.69, 9.17) is 18.5 Å². The van der Waals surface area contributed by atoms with Crippen molar-refractivity contribution in [3.8, 4) is 0 Å². The van der Waals surface area contributed by atoms with Crippen LogP contribution in [0.1, 0.15) is 264 Å². The van der Waals surface area contributed by atoms with Gasteiger partial charge in [0.2, 0.25) is 0 Å². The van der Waals surface area contributed by atoms with Crippen molar-refractivity contribution < 1.29 is 42.1 Å². The van der Waals surface area contributed by atoms with Crippen LogP contribution in [0.2, 0.25) is 0 Å². The van der Waals surface area contributed by atoms with E-state index in [-0.39, 0.29) is 32.0 Å². The first-order chi connectivity index (χ1) is 37.5. The van der Waals surface area contributed by atoms with Gasteiger partial charge in [-0.3, -0.25) is 14.2 Å². The van der Waals surface area contributed by atoms with Gasteiger partial charge in [0.15, 0.2) is 6.10 Å². The van der Waals surface area contributed by atoms with E-state index in [0.29, 0.717) is 17.4 Å². The molecule has 0 heterocycles. The summed E-state index contributed by atoms with van der Waals surface area (Å²) in [5.41, 5.74) is 0. The van der Waals surface area contributed by atoms with Crippen molar-refractivity contribution in [1.29, 1.82) is 0 Å². The number of phosphoric acid groups is 1. The van der Waals surface area contributed by atoms with Crippen molar-refractivity contribution in [2.45, 2.75) is 270 Å². The number of nitrogens with zero attached hydrogens (tertiary/aromatic N) is 1. The number of hydrogen-bond acceptors (Lipinski definition) is 8. The van der Waals surface area contributed by atoms with E-state index < -0.39 is 26.5 Å². The molecule has 0 aliphatic rings. The average Bonchev–Trinajstić information content (AvgIpc) is 3.39. The van der Waals surface area contributed by atoms with Crippen LogP contribution in [-0.4, -0.2) is 70.0 Å². The Bertz CT molecular complexity index is 1620. The third kappa shape index (κ3) is 62.0. The Morgan fingerprint density at radius 1 is 0.416 bits per heavy atom. The summed E-state index contributed by atoms with van der Waals surface area (Å²) >= 11 is 0. The standard InChI is InChI=1S/C67H118NO8P/c1-6-8-10-12-14-16-18-20-22-24-26-28-30-31-32-33-34-35-36-37-38-40-42-44-46-48-50-52-54-56-58-60-67(70)76-65(64-75-77(71,72)74-62-61-68(3,4)5)63-73-66(69)59-57-55-53-51-49-47-45-43-41-39-29-27-25-23-21-19-17-15-13-11-9-7-2/h8,10,14,16,20,22,26,28,31-32,34-35,37-38,42,44,65H,6-7,9,11-13,15,17-19,21,23-25,27,29-30,33,36,39-41,43,45-64H2,1-5H3/b10-8-,16-14-,22-20-,28-26-,32-31-,35-34-,38-37-,44-42-. The molecule has 0 amide bonds. The van der Waals surface area contributed by atoms with Crippen LogP contribution in [0.15, 0.2) is 97.2 Å². The average molecular weight is 1100 g/mol. The number of quaternary nitrogens is 1. The lowest BCUT2D eigenvalue weighted by atomic mass is 10.0. The van der Waals surface area contributed by atoms with Crippen molar-refractivity contribution in [2.75, 3.05) is 47.5 Å². The smallest absolute Gasteiger partial charge is 0.306 e. The van der Waals surface area contributed by atoms with E-state index in [1.807, 2.05) is 21.1 Å². The first-order valence-corrected chi connectivity index (χ1v) is 32.9. The minimum atomic E-state index is -4.65. The first kappa shape index (κ1) is 73.9. The van der Waals surface area contributed by atoms with Gasteiger partial charge in [-0.2, -0.15) is 0 Å². The molecule has 0 rings (SSSR count). The van der Waals surface area contributed by atoms with Gasteiger partial charge < -0.3 is 27.9 Å². The minimum absolute atomic E-state index is 0.0373. The van der Waals surface area contributed by atoms with Gasteiger partial charge in [-0.1, -0.05) is 272 Å². The number of likely N-dealkylation sites (N-methyl/N-ethyl adjacent to an activating group) is 1. The van der Waals surface area contributed by atoms with Gasteiger partial charge in [0.1, 0.15) is 19.8 Å². The Balaban J connectivity index is 4.18. The van der Waals surface area contributed by atoms with Crippen molar-refractivity contribution in [3.63, 3.8) is 0 Å². The second-order valence-corrected chi connectivity index (χ2v) is 23.5. The molecule has 0 aromatic heterocycles. The summed E-state index contributed by atoms with van der Waals surface area (Å²) in [4.78, 5) is 38.0. The lowest BCUT2D eigenvalue weighted by Gasteiger charge is -2.28. The lowest BCUT2D eigenvalue weighted by Crippen LogP contribution is -2.37. The van der Waals surface area contributed by atoms with Gasteiger partial charge in [-0.15, -0.1) is 0 Å². The van der Waals surface area contributed by atoms with Crippen molar-refractivity contribution >= 4 is 19.8 Å². The number of allylic oxidation sites excluding steroid dienone is 16. The normalized spacial score (nSPS) is 13.9. The summed E-state index contributed by atoms with van der Waals surface area (Å²) in [5, 5.41) is 0. The molecule has 77 heavy (non-hydrogen) atoms. The molecule has 0 aromatic carbocycles. The zero-order valence-electron chi connectivity index (χ0n) is 50.4. The van der Waals surface area contributed by atoms with Crippen LogP contribution >= 0.6 is 7.82 Å². The molecule has 0 radical (unpaired) electrons. The molecule has 9 nitrogen and oxygen atoms in total. The Hall–Kier alpha value is -3.07. The summed E-state index contributed by atoms with van der Waals surface area (Å²) in [5.74, 6) is -0.846. The van der Waals surface area contributed by atoms with Crippen molar-refractivity contribution in [3.05, 3.63) is 97.2 Å². The Morgan fingerprint density at radius 2 is 0.740 bits per heavy atom. The fraction of sp³-hybridized carbons (Fsp3) is 0.731. The third-order valence-electron chi connectivity index (χ3n) is 13.4. The number of ether oxygens (including phenoxy) is 2. The van der Waals surface area contributed by atoms with Crippen LogP contribution < -0.4 is 4.89 Å². The summed E-state index contributed by atoms with van der Waals surface area (Å²) in [6.45, 7) is 4.13. The summed E-state index contributed by atoms with van der Waals surface area (Å²) in [7, 11) is 1.15. The first-order valence-electron chi connectivity index (χ1n) is 31.4. The van der Waals surface area contributed by atoms with Crippen LogP contribution in [0.4, 0.5) is 0 Å². The van der Waals surface area contributed by atoms with E-state index in [1.165, 1.54) is 122 Å². The van der Waals surface area contributed by atoms with Crippen molar-refractivity contribution in [2.24, 2.45) is 0 Å². The van der Waals surface area contributed by atoms with Gasteiger partial charge in [0, 0.05) is 12.8 Å². The zero-order chi connectivity index (χ0) is 56.3. The zero-order valence-corrected chi connectivity index (χ0v) is 51.3. The molecule has 0 aromatic rings. The molecular weight excluding hydrogens is 978 g/mol. The maximum atomic E-state index is 12.8. The number of unbranched alkanes of at least 4 members (excludes halogenated alkanes) is 27. The lowest BCUT2D eigenvalue weighted by molar-refractivity contribution is -0.870. The molecule has 0 saturated heterocycles. The van der Waals surface area contributed by atoms with Crippen LogP contribution in [-0.2, 0) is 32.7 Å². The van der Waals surface area contributed by atoms with Crippen LogP contribution in [0.25, 0.3) is 0 Å². The number of carbonyl (C=O) groups is 2. The number of phosphoric ester groups is 1. The van der Waals surface area contributed by atoms with Crippen LogP contribution in [0.5, 0.6) is 0 Å². The van der Waals surface area contributed by atoms with E-state index >= 15 is 0 Å². The molecule has 0 aliphatic carbocycles. The SMILES string of the molecule is CC/C=C\C/C=C\C/C=C\C/C=C\C/C=C\C/C=C\C/C=C\C/C=C\CCCCCCCCC(=O)OC(COC(=O)CCCCCCCCCCCCCCCCCCCCCCCC)COP(=O)([O-])OCC[N+](C)(C)C. The molecular formula is C67H118NO8P. The quantitative estimate of drug-likeness (QED) is 0.0195. The molecule has 0 aliphatic heterocycles. The largest absolute Gasteiger partial charge is 0.756 e. The fourth-order valence-corrected chi connectivity index (χ4v) is 9.28. The third-order valence-corrected chi connectivity index (χ3v) is 14.3. The number of esters is 2. The fourth-order valence-electron chi connectivity index (χ4n) is 8.56. The molecule has 444 valence electrons. The molecule has 0 saturated carbocycles. The van der Waals surface area contributed by atoms with Gasteiger partial charge >= 0.3 is 11.9 Å². The van der Waals surface area contributed by atoms with E-state index in [1.54, 1.807) is 0 Å². The second-order valence-electron chi connectivity index (χ2n) is 22.0. The summed E-state index contributed by atoms with van der Waals surface area (Å²) in [6, 6.07) is 0. The number of carbonyl (C=O) groups excluding carboxylic acids is 2. The van der Waals surface area contributed by atoms with Gasteiger partial charge in [0.05, 0.1) is 27.7 Å². The van der Waals surface area contributed by atoms with E-state index in [0.717, 1.165) is 109 Å². The van der Waals surface area contributed by atoms with Gasteiger partial charge in [0.25, 0.3) is 7.82 Å². The summed E-state index contributed by atoms with van der Waals surface area (Å²) in [6.07, 6.45) is 78.9. The maximum Gasteiger partial charge on any atom is 0.306 e. The van der Waals surface area contributed by atoms with Crippen LogP contribution in [0.3, 0.4) is 0 Å². The van der Waals surface area contributed by atoms with Gasteiger partial charge in [-0.25, -0.2) is 0 Å². The second kappa shape index (κ2) is 57.6. The Morgan fingerprint density at radius 3 is 1.10 bits per heavy atom.